The minimum Gasteiger partial charge on any atom is -0.352 e. The maximum Gasteiger partial charge on any atom is 0.255 e. The third-order valence-electron chi connectivity index (χ3n) is 6.40. The lowest BCUT2D eigenvalue weighted by molar-refractivity contribution is 0.0773. The Kier molecular flexibility index (Phi) is 7.03. The number of hydrogen-bond donors (Lipinski definition) is 1. The van der Waals surface area contributed by atoms with Gasteiger partial charge in [0.2, 0.25) is 0 Å². The molecule has 8 heteroatoms. The molecule has 2 heterocycles. The lowest BCUT2D eigenvalue weighted by Crippen LogP contribution is -2.34. The molecule has 170 valence electrons. The molecule has 0 spiro atoms. The molecular weight excluding hydrogens is 452 g/mol. The number of carbonyl (C=O) groups is 2. The monoisotopic (exact) mass is 477 g/mol. The van der Waals surface area contributed by atoms with Crippen LogP contribution in [0.25, 0.3) is 0 Å². The van der Waals surface area contributed by atoms with Gasteiger partial charge in [-0.25, -0.2) is 4.39 Å². The maximum absolute atomic E-state index is 13.7. The number of likely N-dealkylation sites (tertiary alicyclic amines) is 2. The van der Waals surface area contributed by atoms with Crippen molar-refractivity contribution in [3.63, 3.8) is 0 Å². The summed E-state index contributed by atoms with van der Waals surface area (Å²) in [4.78, 5) is 29.2. The molecule has 0 bridgehead atoms. The summed E-state index contributed by atoms with van der Waals surface area (Å²) in [5.41, 5.74) is 1.75. The van der Waals surface area contributed by atoms with E-state index in [0.717, 1.165) is 31.6 Å². The first-order valence-corrected chi connectivity index (χ1v) is 11.6. The van der Waals surface area contributed by atoms with Crippen LogP contribution in [0.4, 0.5) is 4.39 Å². The number of rotatable bonds is 6. The van der Waals surface area contributed by atoms with Crippen LogP contribution in [0.5, 0.6) is 0 Å². The molecule has 0 radical (unpaired) electrons. The third kappa shape index (κ3) is 4.92. The van der Waals surface area contributed by atoms with Gasteiger partial charge in [0, 0.05) is 43.3 Å². The SMILES string of the molecule is Cc1ccc(C(=O)NCCCN2CC3CN(C(=O)c4cccc(F)c4Cl)CC3C2)cc1Cl. The Morgan fingerprint density at radius 2 is 1.81 bits per heavy atom. The largest absolute Gasteiger partial charge is 0.352 e. The summed E-state index contributed by atoms with van der Waals surface area (Å²) in [5, 5.41) is 3.44. The van der Waals surface area contributed by atoms with E-state index in [9.17, 15) is 14.0 Å². The van der Waals surface area contributed by atoms with Crippen LogP contribution in [0.3, 0.4) is 0 Å². The van der Waals surface area contributed by atoms with Gasteiger partial charge >= 0.3 is 0 Å². The topological polar surface area (TPSA) is 52.7 Å². The van der Waals surface area contributed by atoms with Gasteiger partial charge in [-0.1, -0.05) is 35.3 Å². The van der Waals surface area contributed by atoms with E-state index in [0.29, 0.717) is 42.1 Å². The summed E-state index contributed by atoms with van der Waals surface area (Å²) in [6.45, 7) is 6.57. The molecule has 2 aromatic carbocycles. The van der Waals surface area contributed by atoms with E-state index in [1.807, 2.05) is 13.0 Å². The van der Waals surface area contributed by atoms with Crippen LogP contribution in [0.2, 0.25) is 10.0 Å². The summed E-state index contributed by atoms with van der Waals surface area (Å²) < 4.78 is 13.7. The minimum atomic E-state index is -0.569. The predicted octanol–water partition coefficient (Wildman–Crippen LogP) is 4.26. The van der Waals surface area contributed by atoms with E-state index in [2.05, 4.69) is 10.2 Å². The van der Waals surface area contributed by atoms with Gasteiger partial charge in [0.25, 0.3) is 11.8 Å². The molecule has 2 amide bonds. The molecule has 2 fully saturated rings. The molecule has 4 rings (SSSR count). The average Bonchev–Trinajstić information content (AvgIpc) is 3.33. The molecule has 2 saturated heterocycles. The van der Waals surface area contributed by atoms with Crippen LogP contribution >= 0.6 is 23.2 Å². The first-order valence-electron chi connectivity index (χ1n) is 10.8. The second kappa shape index (κ2) is 9.77. The summed E-state index contributed by atoms with van der Waals surface area (Å²) in [5.74, 6) is -0.0588. The van der Waals surface area contributed by atoms with Gasteiger partial charge in [-0.2, -0.15) is 0 Å². The highest BCUT2D eigenvalue weighted by Crippen LogP contribution is 2.33. The maximum atomic E-state index is 13.7. The van der Waals surface area contributed by atoms with Gasteiger partial charge in [-0.3, -0.25) is 9.59 Å². The fourth-order valence-electron chi connectivity index (χ4n) is 4.62. The van der Waals surface area contributed by atoms with E-state index < -0.39 is 5.82 Å². The summed E-state index contributed by atoms with van der Waals surface area (Å²) in [7, 11) is 0. The molecule has 2 aliphatic rings. The molecule has 2 aliphatic heterocycles. The van der Waals surface area contributed by atoms with Gasteiger partial charge in [0.15, 0.2) is 0 Å². The van der Waals surface area contributed by atoms with Crippen LogP contribution in [0, 0.1) is 24.6 Å². The Bertz CT molecular complexity index is 1020. The molecule has 1 N–H and O–H groups in total. The van der Waals surface area contributed by atoms with Crippen molar-refractivity contribution in [3.8, 4) is 0 Å². The van der Waals surface area contributed by atoms with Gasteiger partial charge < -0.3 is 15.1 Å². The quantitative estimate of drug-likeness (QED) is 0.632. The fraction of sp³-hybridized carbons (Fsp3) is 0.417. The smallest absolute Gasteiger partial charge is 0.255 e. The van der Waals surface area contributed by atoms with E-state index in [1.54, 1.807) is 23.1 Å². The molecule has 32 heavy (non-hydrogen) atoms. The van der Waals surface area contributed by atoms with E-state index in [-0.39, 0.29) is 22.4 Å². The normalized spacial score (nSPS) is 20.4. The van der Waals surface area contributed by atoms with E-state index in [4.69, 9.17) is 23.2 Å². The van der Waals surface area contributed by atoms with Crippen molar-refractivity contribution < 1.29 is 14.0 Å². The highest BCUT2D eigenvalue weighted by molar-refractivity contribution is 6.34. The Hall–Kier alpha value is -2.15. The Labute approximate surface area is 197 Å². The Morgan fingerprint density at radius 3 is 2.50 bits per heavy atom. The summed E-state index contributed by atoms with van der Waals surface area (Å²) in [6, 6.07) is 9.66. The number of fused-ring (bicyclic) bond motifs is 1. The van der Waals surface area contributed by atoms with Crippen molar-refractivity contribution in [2.45, 2.75) is 13.3 Å². The van der Waals surface area contributed by atoms with Gasteiger partial charge in [0.1, 0.15) is 5.82 Å². The predicted molar refractivity (Wildman–Crippen MR) is 124 cm³/mol. The first kappa shape index (κ1) is 23.0. The van der Waals surface area contributed by atoms with Crippen LogP contribution < -0.4 is 5.32 Å². The number of carbonyl (C=O) groups excluding carboxylic acids is 2. The molecular formula is C24H26Cl2FN3O2. The summed E-state index contributed by atoms with van der Waals surface area (Å²) >= 11 is 12.1. The van der Waals surface area contributed by atoms with E-state index in [1.165, 1.54) is 12.1 Å². The number of benzene rings is 2. The third-order valence-corrected chi connectivity index (χ3v) is 7.19. The van der Waals surface area contributed by atoms with Crippen LogP contribution in [0.15, 0.2) is 36.4 Å². The van der Waals surface area contributed by atoms with Gasteiger partial charge in [-0.15, -0.1) is 0 Å². The van der Waals surface area contributed by atoms with Crippen LogP contribution in [-0.4, -0.2) is 60.9 Å². The fourth-order valence-corrected chi connectivity index (χ4v) is 5.01. The highest BCUT2D eigenvalue weighted by atomic mass is 35.5. The van der Waals surface area contributed by atoms with Crippen molar-refractivity contribution in [2.75, 3.05) is 39.3 Å². The molecule has 2 unspecified atom stereocenters. The van der Waals surface area contributed by atoms with Gasteiger partial charge in [-0.05, 0) is 61.6 Å². The van der Waals surface area contributed by atoms with Crippen LogP contribution in [0.1, 0.15) is 32.7 Å². The summed E-state index contributed by atoms with van der Waals surface area (Å²) in [6.07, 6.45) is 0.853. The lowest BCUT2D eigenvalue weighted by atomic mass is 10.0. The van der Waals surface area contributed by atoms with Gasteiger partial charge in [0.05, 0.1) is 10.6 Å². The lowest BCUT2D eigenvalue weighted by Gasteiger charge is -2.22. The number of amides is 2. The molecule has 5 nitrogen and oxygen atoms in total. The zero-order chi connectivity index (χ0) is 22.8. The molecule has 0 aliphatic carbocycles. The van der Waals surface area contributed by atoms with Crippen molar-refractivity contribution in [3.05, 3.63) is 69.0 Å². The molecule has 0 aromatic heterocycles. The van der Waals surface area contributed by atoms with Crippen LogP contribution in [-0.2, 0) is 0 Å². The van der Waals surface area contributed by atoms with Crippen molar-refractivity contribution >= 4 is 35.0 Å². The zero-order valence-corrected chi connectivity index (χ0v) is 19.4. The second-order valence-corrected chi connectivity index (χ2v) is 9.45. The Balaban J connectivity index is 1.20. The van der Waals surface area contributed by atoms with Crippen molar-refractivity contribution in [1.82, 2.24) is 15.1 Å². The second-order valence-electron chi connectivity index (χ2n) is 8.66. The number of nitrogens with one attached hydrogen (secondary N) is 1. The Morgan fingerprint density at radius 1 is 1.09 bits per heavy atom. The molecule has 2 aromatic rings. The zero-order valence-electron chi connectivity index (χ0n) is 17.9. The minimum absolute atomic E-state index is 0.105. The number of hydrogen-bond acceptors (Lipinski definition) is 3. The first-order chi connectivity index (χ1) is 15.3. The standard InChI is InChI=1S/C24H26Cl2FN3O2/c1-15-6-7-16(10-20(15)25)23(31)28-8-3-9-29-11-17-13-30(14-18(17)12-29)24(32)19-4-2-5-21(27)22(19)26/h2,4-7,10,17-18H,3,8-9,11-14H2,1H3,(H,28,31). The number of aryl methyl sites for hydroxylation is 1. The van der Waals surface area contributed by atoms with E-state index >= 15 is 0 Å². The molecule has 2 atom stereocenters. The van der Waals surface area contributed by atoms with Crippen molar-refractivity contribution in [2.24, 2.45) is 11.8 Å². The van der Waals surface area contributed by atoms with Crippen molar-refractivity contribution in [1.29, 1.82) is 0 Å². The highest BCUT2D eigenvalue weighted by Gasteiger charge is 2.41. The number of halogens is 3. The number of nitrogens with zero attached hydrogens (tertiary/aromatic N) is 2. The average molecular weight is 478 g/mol. The molecule has 0 saturated carbocycles.